The van der Waals surface area contributed by atoms with Gasteiger partial charge in [-0.05, 0) is 37.1 Å². The molecule has 12 heteroatoms. The highest BCUT2D eigenvalue weighted by atomic mass is 19.4. The number of hydrogen-bond donors (Lipinski definition) is 1. The van der Waals surface area contributed by atoms with Crippen LogP contribution < -0.4 is 24.8 Å². The molecule has 2 bridgehead atoms. The molecule has 2 fully saturated rings. The Kier molecular flexibility index (Phi) is 5.96. The number of methoxy groups -OCH3 is 1. The molecule has 2 amide bonds. The molecule has 2 saturated heterocycles. The molecule has 6 rings (SSSR count). The minimum Gasteiger partial charge on any atom is -0.481 e. The van der Waals surface area contributed by atoms with E-state index >= 15 is 0 Å². The van der Waals surface area contributed by atoms with Crippen LogP contribution in [0.2, 0.25) is 0 Å². The number of benzene rings is 1. The fourth-order valence-corrected chi connectivity index (χ4v) is 5.45. The van der Waals surface area contributed by atoms with Crippen molar-refractivity contribution in [1.82, 2.24) is 15.0 Å². The number of carbonyl (C=O) groups is 1. The number of carbonyl (C=O) groups excluding carboxylic acids is 1. The average Bonchev–Trinajstić information content (AvgIpc) is 3.58. The van der Waals surface area contributed by atoms with Gasteiger partial charge in [0.25, 0.3) is 0 Å². The number of nitrogens with one attached hydrogen (secondary N) is 1. The molecule has 3 aliphatic rings. The zero-order valence-corrected chi connectivity index (χ0v) is 20.6. The largest absolute Gasteiger partial charge is 0.481 e. The van der Waals surface area contributed by atoms with Crippen molar-refractivity contribution in [2.24, 2.45) is 5.92 Å². The van der Waals surface area contributed by atoms with Crippen molar-refractivity contribution in [3.05, 3.63) is 48.8 Å². The van der Waals surface area contributed by atoms with E-state index in [0.29, 0.717) is 36.3 Å². The summed E-state index contributed by atoms with van der Waals surface area (Å²) in [6.07, 6.45) is -1.99. The minimum atomic E-state index is -4.19. The molecule has 1 aromatic carbocycles. The molecule has 3 aliphatic heterocycles. The van der Waals surface area contributed by atoms with Gasteiger partial charge >= 0.3 is 12.2 Å². The number of aromatic nitrogens is 3. The van der Waals surface area contributed by atoms with Crippen LogP contribution in [-0.2, 0) is 0 Å². The van der Waals surface area contributed by atoms with Crippen LogP contribution in [0.3, 0.4) is 0 Å². The fourth-order valence-electron chi connectivity index (χ4n) is 5.45. The molecule has 1 unspecified atom stereocenters. The summed E-state index contributed by atoms with van der Waals surface area (Å²) in [5.41, 5.74) is 3.00. The number of fused-ring (bicyclic) bond motifs is 4. The minimum absolute atomic E-state index is 0.0516. The molecule has 0 spiro atoms. The number of nitrogens with zero attached hydrogens (tertiary/aromatic N) is 6. The van der Waals surface area contributed by atoms with Crippen molar-refractivity contribution in [3.63, 3.8) is 0 Å². The lowest BCUT2D eigenvalue weighted by molar-refractivity contribution is -0.168. The molecular formula is C26H26F3N7O2. The van der Waals surface area contributed by atoms with Crippen LogP contribution >= 0.6 is 0 Å². The van der Waals surface area contributed by atoms with Gasteiger partial charge in [-0.2, -0.15) is 13.2 Å². The lowest BCUT2D eigenvalue weighted by atomic mass is 10.1. The second-order valence-electron chi connectivity index (χ2n) is 9.70. The Morgan fingerprint density at radius 3 is 2.68 bits per heavy atom. The summed E-state index contributed by atoms with van der Waals surface area (Å²) in [6, 6.07) is 12.4. The van der Waals surface area contributed by atoms with E-state index in [-0.39, 0.29) is 25.0 Å². The van der Waals surface area contributed by atoms with Gasteiger partial charge in [-0.1, -0.05) is 12.1 Å². The Morgan fingerprint density at radius 1 is 1.05 bits per heavy atom. The molecule has 2 aromatic heterocycles. The summed E-state index contributed by atoms with van der Waals surface area (Å²) in [4.78, 5) is 32.1. The molecule has 38 heavy (non-hydrogen) atoms. The third kappa shape index (κ3) is 4.44. The number of urea groups is 1. The second-order valence-corrected chi connectivity index (χ2v) is 9.70. The van der Waals surface area contributed by atoms with Gasteiger partial charge in [0, 0.05) is 43.5 Å². The lowest BCUT2D eigenvalue weighted by Gasteiger charge is -2.35. The predicted molar refractivity (Wildman–Crippen MR) is 137 cm³/mol. The number of amides is 2. The number of ether oxygens (including phenoxy) is 1. The third-order valence-corrected chi connectivity index (χ3v) is 7.42. The number of alkyl halides is 3. The molecule has 2 atom stereocenters. The molecule has 198 valence electrons. The van der Waals surface area contributed by atoms with E-state index in [9.17, 15) is 18.0 Å². The topological polar surface area (TPSA) is 86.7 Å². The van der Waals surface area contributed by atoms with Crippen molar-refractivity contribution in [3.8, 4) is 17.1 Å². The summed E-state index contributed by atoms with van der Waals surface area (Å²) < 4.78 is 44.8. The van der Waals surface area contributed by atoms with Crippen LogP contribution in [0.25, 0.3) is 11.3 Å². The maximum atomic E-state index is 13.5. The summed E-state index contributed by atoms with van der Waals surface area (Å²) in [6.45, 7) is 1.82. The van der Waals surface area contributed by atoms with Gasteiger partial charge in [-0.15, -0.1) is 0 Å². The Bertz CT molecular complexity index is 1370. The van der Waals surface area contributed by atoms with Crippen LogP contribution in [0.15, 0.2) is 48.8 Å². The standard InChI is InChI=1S/C26H26F3N7O2/c1-38-23-12-22(30-15-31-23)33-25(37)36-19-8-10-35(14-19)21-6-5-20(32-24(21)36)16-3-2-4-18(11-16)34-9-7-17(13-34)26(27,28)29/h2-6,11-12,15,17,19H,7-10,13-14H2,1H3,(H,30,31,33,37)/t17?,19-/m0/s1. The smallest absolute Gasteiger partial charge is 0.393 e. The highest BCUT2D eigenvalue weighted by Gasteiger charge is 2.44. The third-order valence-electron chi connectivity index (χ3n) is 7.42. The maximum Gasteiger partial charge on any atom is 0.393 e. The van der Waals surface area contributed by atoms with Crippen LogP contribution in [-0.4, -0.2) is 66.5 Å². The molecule has 0 aliphatic carbocycles. The normalized spacial score (nSPS) is 20.5. The van der Waals surface area contributed by atoms with E-state index < -0.39 is 12.1 Å². The van der Waals surface area contributed by atoms with Gasteiger partial charge in [0.1, 0.15) is 12.1 Å². The molecule has 1 N–H and O–H groups in total. The van der Waals surface area contributed by atoms with Crippen LogP contribution in [0.1, 0.15) is 12.8 Å². The van der Waals surface area contributed by atoms with Gasteiger partial charge in [0.15, 0.2) is 5.82 Å². The van der Waals surface area contributed by atoms with Gasteiger partial charge in [-0.25, -0.2) is 19.7 Å². The Hall–Kier alpha value is -4.09. The quantitative estimate of drug-likeness (QED) is 0.534. The zero-order valence-electron chi connectivity index (χ0n) is 20.6. The highest BCUT2D eigenvalue weighted by Crippen LogP contribution is 2.41. The Morgan fingerprint density at radius 2 is 1.89 bits per heavy atom. The Balaban J connectivity index is 1.29. The fraction of sp³-hybridized carbons (Fsp3) is 0.385. The summed E-state index contributed by atoms with van der Waals surface area (Å²) >= 11 is 0. The molecule has 9 nitrogen and oxygen atoms in total. The first kappa shape index (κ1) is 24.3. The second kappa shape index (κ2) is 9.34. The molecule has 0 radical (unpaired) electrons. The molecular weight excluding hydrogens is 499 g/mol. The number of anilines is 4. The zero-order chi connectivity index (χ0) is 26.4. The summed E-state index contributed by atoms with van der Waals surface area (Å²) in [7, 11) is 1.49. The number of rotatable bonds is 4. The van der Waals surface area contributed by atoms with Crippen molar-refractivity contribution in [2.45, 2.75) is 25.1 Å². The van der Waals surface area contributed by atoms with Gasteiger partial charge in [0.2, 0.25) is 5.88 Å². The van der Waals surface area contributed by atoms with Crippen molar-refractivity contribution in [2.75, 3.05) is 53.3 Å². The van der Waals surface area contributed by atoms with Crippen LogP contribution in [0.5, 0.6) is 5.88 Å². The SMILES string of the molecule is COc1cc(NC(=O)N2c3nc(-c4cccc(N5CCC(C(F)(F)F)C5)c4)ccc3N3CC[C@H]2C3)ncn1. The number of pyridine rings is 1. The summed E-state index contributed by atoms with van der Waals surface area (Å²) in [5.74, 6) is -0.130. The van der Waals surface area contributed by atoms with Crippen LogP contribution in [0, 0.1) is 5.92 Å². The number of hydrogen-bond acceptors (Lipinski definition) is 7. The predicted octanol–water partition coefficient (Wildman–Crippen LogP) is 4.57. The first-order chi connectivity index (χ1) is 18.3. The van der Waals surface area contributed by atoms with Crippen molar-refractivity contribution in [1.29, 1.82) is 0 Å². The van der Waals surface area contributed by atoms with Crippen molar-refractivity contribution < 1.29 is 22.7 Å². The van der Waals surface area contributed by atoms with Gasteiger partial charge in [0.05, 0.1) is 30.5 Å². The van der Waals surface area contributed by atoms with E-state index in [2.05, 4.69) is 20.2 Å². The highest BCUT2D eigenvalue weighted by molar-refractivity contribution is 6.04. The molecule has 5 heterocycles. The lowest BCUT2D eigenvalue weighted by Crippen LogP contribution is -2.48. The Labute approximate surface area is 217 Å². The molecule has 0 saturated carbocycles. The number of halogens is 3. The van der Waals surface area contributed by atoms with E-state index in [1.54, 1.807) is 15.9 Å². The molecule has 3 aromatic rings. The van der Waals surface area contributed by atoms with Crippen LogP contribution in [0.4, 0.5) is 41.0 Å². The van der Waals surface area contributed by atoms with Gasteiger partial charge in [-0.3, -0.25) is 10.2 Å². The van der Waals surface area contributed by atoms with E-state index in [1.807, 2.05) is 36.4 Å². The van der Waals surface area contributed by atoms with E-state index in [1.165, 1.54) is 13.4 Å². The van der Waals surface area contributed by atoms with Gasteiger partial charge < -0.3 is 14.5 Å². The monoisotopic (exact) mass is 525 g/mol. The van der Waals surface area contributed by atoms with E-state index in [0.717, 1.165) is 29.9 Å². The van der Waals surface area contributed by atoms with Crippen molar-refractivity contribution >= 4 is 29.0 Å². The maximum absolute atomic E-state index is 13.5. The van der Waals surface area contributed by atoms with E-state index in [4.69, 9.17) is 9.72 Å². The summed E-state index contributed by atoms with van der Waals surface area (Å²) in [5, 5.41) is 2.83. The first-order valence-electron chi connectivity index (χ1n) is 12.4. The first-order valence-corrected chi connectivity index (χ1v) is 12.4. The average molecular weight is 526 g/mol.